The van der Waals surface area contributed by atoms with Crippen molar-refractivity contribution < 1.29 is 4.79 Å². The van der Waals surface area contributed by atoms with E-state index in [-0.39, 0.29) is 5.91 Å². The molecule has 0 aliphatic heterocycles. The summed E-state index contributed by atoms with van der Waals surface area (Å²) in [7, 11) is 0. The zero-order valence-electron chi connectivity index (χ0n) is 8.50. The molecule has 0 aliphatic carbocycles. The molecular formula is C11H15BrN2O. The summed E-state index contributed by atoms with van der Waals surface area (Å²) in [6.45, 7) is 1.04. The molecule has 0 saturated heterocycles. The average Bonchev–Trinajstić information content (AvgIpc) is 2.23. The van der Waals surface area contributed by atoms with Crippen LogP contribution in [-0.4, -0.2) is 19.0 Å². The van der Waals surface area contributed by atoms with Crippen molar-refractivity contribution in [2.24, 2.45) is 5.73 Å². The minimum Gasteiger partial charge on any atom is -0.355 e. The number of benzene rings is 1. The van der Waals surface area contributed by atoms with Gasteiger partial charge in [0, 0.05) is 24.0 Å². The van der Waals surface area contributed by atoms with Crippen LogP contribution in [0.25, 0.3) is 0 Å². The normalized spacial score (nSPS) is 10.0. The predicted molar refractivity (Wildman–Crippen MR) is 64.5 cm³/mol. The number of hydrogen-bond donors (Lipinski definition) is 2. The van der Waals surface area contributed by atoms with Gasteiger partial charge in [-0.3, -0.25) is 4.79 Å². The Hall–Kier alpha value is -0.870. The van der Waals surface area contributed by atoms with Gasteiger partial charge in [0.2, 0.25) is 5.91 Å². The second-order valence-corrected chi connectivity index (χ2v) is 4.18. The highest BCUT2D eigenvalue weighted by atomic mass is 79.9. The molecule has 0 bridgehead atoms. The molecule has 0 unspecified atom stereocenters. The predicted octanol–water partition coefficient (Wildman–Crippen LogP) is 1.46. The molecule has 3 nitrogen and oxygen atoms in total. The first-order chi connectivity index (χ1) is 7.22. The van der Waals surface area contributed by atoms with E-state index in [0.29, 0.717) is 19.5 Å². The summed E-state index contributed by atoms with van der Waals surface area (Å²) in [5.41, 5.74) is 6.44. The number of carbonyl (C=O) groups excluding carboxylic acids is 1. The van der Waals surface area contributed by atoms with Gasteiger partial charge in [0.15, 0.2) is 0 Å². The molecule has 0 spiro atoms. The molecule has 0 fully saturated rings. The third-order valence-electron chi connectivity index (χ3n) is 2.00. The van der Waals surface area contributed by atoms with Gasteiger partial charge in [-0.15, -0.1) is 0 Å². The molecule has 82 valence electrons. The number of carbonyl (C=O) groups is 1. The van der Waals surface area contributed by atoms with E-state index < -0.39 is 0 Å². The van der Waals surface area contributed by atoms with E-state index in [2.05, 4.69) is 21.2 Å². The fourth-order valence-corrected chi connectivity index (χ4v) is 1.70. The average molecular weight is 271 g/mol. The molecule has 15 heavy (non-hydrogen) atoms. The van der Waals surface area contributed by atoms with Crippen LogP contribution in [0.3, 0.4) is 0 Å². The van der Waals surface area contributed by atoms with E-state index in [1.807, 2.05) is 24.3 Å². The molecule has 1 aromatic rings. The number of nitrogens with two attached hydrogens (primary N) is 1. The van der Waals surface area contributed by atoms with Gasteiger partial charge in [0.05, 0.1) is 0 Å². The number of nitrogens with one attached hydrogen (secondary N) is 1. The Morgan fingerprint density at radius 3 is 2.93 bits per heavy atom. The van der Waals surface area contributed by atoms with E-state index in [1.54, 1.807) is 0 Å². The van der Waals surface area contributed by atoms with Crippen molar-refractivity contribution in [2.75, 3.05) is 13.1 Å². The summed E-state index contributed by atoms with van der Waals surface area (Å²) in [6.07, 6.45) is 1.27. The summed E-state index contributed by atoms with van der Waals surface area (Å²) in [5.74, 6) is 0.0559. The van der Waals surface area contributed by atoms with Crippen LogP contribution in [0.4, 0.5) is 0 Å². The van der Waals surface area contributed by atoms with Crippen LogP contribution in [0.2, 0.25) is 0 Å². The third-order valence-corrected chi connectivity index (χ3v) is 2.49. The lowest BCUT2D eigenvalue weighted by atomic mass is 10.1. The maximum absolute atomic E-state index is 11.3. The summed E-state index contributed by atoms with van der Waals surface area (Å²) in [6, 6.07) is 7.98. The molecule has 1 amide bonds. The highest BCUT2D eigenvalue weighted by Gasteiger charge is 2.01. The minimum atomic E-state index is 0.0559. The van der Waals surface area contributed by atoms with E-state index in [0.717, 1.165) is 16.5 Å². The zero-order valence-corrected chi connectivity index (χ0v) is 10.1. The summed E-state index contributed by atoms with van der Waals surface area (Å²) in [5, 5.41) is 2.74. The highest BCUT2D eigenvalue weighted by molar-refractivity contribution is 9.10. The van der Waals surface area contributed by atoms with Gasteiger partial charge >= 0.3 is 0 Å². The van der Waals surface area contributed by atoms with Crippen LogP contribution in [0.1, 0.15) is 12.0 Å². The molecule has 0 aromatic heterocycles. The van der Waals surface area contributed by atoms with Crippen molar-refractivity contribution >= 4 is 21.8 Å². The molecule has 0 heterocycles. The van der Waals surface area contributed by atoms with Gasteiger partial charge in [0.25, 0.3) is 0 Å². The van der Waals surface area contributed by atoms with Crippen molar-refractivity contribution in [1.29, 1.82) is 0 Å². The SMILES string of the molecule is NCCNC(=O)CCc1cccc(Br)c1. The lowest BCUT2D eigenvalue weighted by Gasteiger charge is -2.03. The molecule has 1 aromatic carbocycles. The van der Waals surface area contributed by atoms with Crippen LogP contribution < -0.4 is 11.1 Å². The molecule has 0 atom stereocenters. The van der Waals surface area contributed by atoms with Crippen molar-refractivity contribution in [2.45, 2.75) is 12.8 Å². The summed E-state index contributed by atoms with van der Waals surface area (Å²) in [4.78, 5) is 11.3. The number of halogens is 1. The second kappa shape index (κ2) is 6.58. The second-order valence-electron chi connectivity index (χ2n) is 3.27. The number of aryl methyl sites for hydroxylation is 1. The first kappa shape index (κ1) is 12.2. The van der Waals surface area contributed by atoms with Crippen molar-refractivity contribution in [1.82, 2.24) is 5.32 Å². The standard InChI is InChI=1S/C11H15BrN2O/c12-10-3-1-2-9(8-10)4-5-11(15)14-7-6-13/h1-3,8H,4-7,13H2,(H,14,15). The Balaban J connectivity index is 2.33. The van der Waals surface area contributed by atoms with E-state index in [9.17, 15) is 4.79 Å². The summed E-state index contributed by atoms with van der Waals surface area (Å²) >= 11 is 3.39. The smallest absolute Gasteiger partial charge is 0.220 e. The Labute approximate surface area is 98.2 Å². The van der Waals surface area contributed by atoms with Crippen LogP contribution in [0.5, 0.6) is 0 Å². The Bertz CT molecular complexity index is 328. The van der Waals surface area contributed by atoms with Gasteiger partial charge in [0.1, 0.15) is 0 Å². The molecule has 0 aliphatic rings. The molecule has 0 radical (unpaired) electrons. The molecule has 0 saturated carbocycles. The van der Waals surface area contributed by atoms with Gasteiger partial charge in [-0.25, -0.2) is 0 Å². The van der Waals surface area contributed by atoms with Gasteiger partial charge in [-0.1, -0.05) is 28.1 Å². The van der Waals surface area contributed by atoms with Crippen molar-refractivity contribution in [3.63, 3.8) is 0 Å². The van der Waals surface area contributed by atoms with Gasteiger partial charge in [-0.05, 0) is 24.1 Å². The Morgan fingerprint density at radius 1 is 1.47 bits per heavy atom. The maximum Gasteiger partial charge on any atom is 0.220 e. The number of hydrogen-bond acceptors (Lipinski definition) is 2. The Kier molecular flexibility index (Phi) is 5.36. The first-order valence-electron chi connectivity index (χ1n) is 4.93. The van der Waals surface area contributed by atoms with Crippen LogP contribution in [0, 0.1) is 0 Å². The highest BCUT2D eigenvalue weighted by Crippen LogP contribution is 2.12. The largest absolute Gasteiger partial charge is 0.355 e. The lowest BCUT2D eigenvalue weighted by molar-refractivity contribution is -0.120. The molecular weight excluding hydrogens is 256 g/mol. The van der Waals surface area contributed by atoms with Gasteiger partial charge < -0.3 is 11.1 Å². The third kappa shape index (κ3) is 4.95. The zero-order chi connectivity index (χ0) is 11.1. The quantitative estimate of drug-likeness (QED) is 0.851. The van der Waals surface area contributed by atoms with E-state index >= 15 is 0 Å². The summed E-state index contributed by atoms with van der Waals surface area (Å²) < 4.78 is 1.04. The van der Waals surface area contributed by atoms with Crippen LogP contribution in [-0.2, 0) is 11.2 Å². The fraction of sp³-hybridized carbons (Fsp3) is 0.364. The maximum atomic E-state index is 11.3. The monoisotopic (exact) mass is 270 g/mol. The molecule has 4 heteroatoms. The molecule has 3 N–H and O–H groups in total. The van der Waals surface area contributed by atoms with Crippen LogP contribution >= 0.6 is 15.9 Å². The van der Waals surface area contributed by atoms with Crippen molar-refractivity contribution in [3.05, 3.63) is 34.3 Å². The van der Waals surface area contributed by atoms with Crippen LogP contribution in [0.15, 0.2) is 28.7 Å². The number of rotatable bonds is 5. The van der Waals surface area contributed by atoms with Crippen molar-refractivity contribution in [3.8, 4) is 0 Å². The fourth-order valence-electron chi connectivity index (χ4n) is 1.25. The lowest BCUT2D eigenvalue weighted by Crippen LogP contribution is -2.29. The van der Waals surface area contributed by atoms with Gasteiger partial charge in [-0.2, -0.15) is 0 Å². The van der Waals surface area contributed by atoms with E-state index in [4.69, 9.17) is 5.73 Å². The first-order valence-corrected chi connectivity index (χ1v) is 5.73. The van der Waals surface area contributed by atoms with E-state index in [1.165, 1.54) is 0 Å². The topological polar surface area (TPSA) is 55.1 Å². The number of amides is 1. The minimum absolute atomic E-state index is 0.0559. The molecule has 1 rings (SSSR count). The Morgan fingerprint density at radius 2 is 2.27 bits per heavy atom.